The summed E-state index contributed by atoms with van der Waals surface area (Å²) in [6.45, 7) is 4.83. The van der Waals surface area contributed by atoms with E-state index in [0.717, 1.165) is 55.5 Å². The van der Waals surface area contributed by atoms with E-state index in [-0.39, 0.29) is 52.9 Å². The molecule has 23 nitrogen and oxygen atoms in total. The Balaban J connectivity index is 1.11. The fraction of sp³-hybridized carbons (Fsp3) is 0.425. The maximum absolute atomic E-state index is 15.5. The number of carbonyl (C=O) groups is 6. The number of ether oxygens (including phenoxy) is 16. The van der Waals surface area contributed by atoms with Crippen LogP contribution >= 0.6 is 0 Å². The first-order chi connectivity index (χ1) is 46.6. The van der Waals surface area contributed by atoms with Gasteiger partial charge in [0.1, 0.15) is 61.5 Å². The number of nitrogens with one attached hydrogen (secondary N) is 1. The molecule has 16 atom stereocenters. The number of fused-ring (bicyclic) bond motifs is 1. The second kappa shape index (κ2) is 34.6. The van der Waals surface area contributed by atoms with Gasteiger partial charge in [0.25, 0.3) is 5.79 Å². The van der Waals surface area contributed by atoms with Crippen molar-refractivity contribution in [3.63, 3.8) is 0 Å². The van der Waals surface area contributed by atoms with Gasteiger partial charge in [-0.2, -0.15) is 0 Å². The third-order valence-electron chi connectivity index (χ3n) is 16.3. The van der Waals surface area contributed by atoms with Crippen LogP contribution in [0.4, 0.5) is 0 Å². The number of rotatable bonds is 30. The Morgan fingerprint density at radius 1 is 0.479 bits per heavy atom. The van der Waals surface area contributed by atoms with Gasteiger partial charge >= 0.3 is 29.8 Å². The Morgan fingerprint density at radius 2 is 0.927 bits per heavy atom. The molecule has 1 N–H and O–H groups in total. The van der Waals surface area contributed by atoms with Gasteiger partial charge in [0.15, 0.2) is 30.9 Å². The molecule has 0 bridgehead atoms. The van der Waals surface area contributed by atoms with E-state index in [1.165, 1.54) is 6.92 Å². The van der Waals surface area contributed by atoms with Crippen LogP contribution in [0.5, 0.6) is 0 Å². The topological polar surface area (TPSA) is 262 Å². The molecule has 6 aromatic carbocycles. The Morgan fingerprint density at radius 3 is 1.40 bits per heavy atom. The molecule has 4 aliphatic heterocycles. The highest BCUT2D eigenvalue weighted by Gasteiger charge is 2.67. The minimum absolute atomic E-state index is 0.0519. The Hall–Kier alpha value is -8.30. The van der Waals surface area contributed by atoms with E-state index in [1.807, 2.05) is 182 Å². The fourth-order valence-corrected chi connectivity index (χ4v) is 12.0. The minimum Gasteiger partial charge on any atom is -0.462 e. The van der Waals surface area contributed by atoms with Crippen molar-refractivity contribution in [2.24, 2.45) is 0 Å². The van der Waals surface area contributed by atoms with Crippen molar-refractivity contribution in [2.45, 2.75) is 178 Å². The van der Waals surface area contributed by atoms with Gasteiger partial charge in [0.2, 0.25) is 5.91 Å². The van der Waals surface area contributed by atoms with Crippen LogP contribution in [-0.4, -0.2) is 153 Å². The molecule has 0 saturated carbocycles. The van der Waals surface area contributed by atoms with E-state index in [0.29, 0.717) is 5.56 Å². The second-order valence-electron chi connectivity index (χ2n) is 23.7. The molecule has 4 saturated heterocycles. The van der Waals surface area contributed by atoms with Gasteiger partial charge in [0.05, 0.1) is 65.3 Å². The normalized spacial score (nSPS) is 26.8. The number of hydrogen-bond donors (Lipinski definition) is 1. The zero-order chi connectivity index (χ0) is 67.4. The quantitative estimate of drug-likeness (QED) is 0.0332. The van der Waals surface area contributed by atoms with Crippen molar-refractivity contribution < 1.29 is 105 Å². The van der Waals surface area contributed by atoms with Crippen molar-refractivity contribution >= 4 is 35.8 Å². The summed E-state index contributed by atoms with van der Waals surface area (Å²) >= 11 is 0. The van der Waals surface area contributed by atoms with Crippen LogP contribution in [0.15, 0.2) is 182 Å². The summed E-state index contributed by atoms with van der Waals surface area (Å²) in [5, 5.41) is 2.72. The van der Waals surface area contributed by atoms with Crippen LogP contribution < -0.4 is 5.32 Å². The Kier molecular flexibility index (Phi) is 25.4. The average Bonchev–Trinajstić information content (AvgIpc) is 0.727. The third kappa shape index (κ3) is 19.5. The van der Waals surface area contributed by atoms with E-state index >= 15 is 4.79 Å². The first-order valence-corrected chi connectivity index (χ1v) is 31.9. The summed E-state index contributed by atoms with van der Waals surface area (Å²) in [5.74, 6) is -8.06. The summed E-state index contributed by atoms with van der Waals surface area (Å²) in [4.78, 5) is 80.7. The number of carbonyl (C=O) groups excluding carboxylic acids is 6. The van der Waals surface area contributed by atoms with Crippen molar-refractivity contribution in [2.75, 3.05) is 19.8 Å². The van der Waals surface area contributed by atoms with Gasteiger partial charge in [-0.05, 0) is 33.4 Å². The second-order valence-corrected chi connectivity index (χ2v) is 23.7. The summed E-state index contributed by atoms with van der Waals surface area (Å²) in [7, 11) is 0. The molecule has 0 radical (unpaired) electrons. The van der Waals surface area contributed by atoms with Crippen molar-refractivity contribution in [3.05, 3.63) is 215 Å². The summed E-state index contributed by atoms with van der Waals surface area (Å²) < 4.78 is 106. The van der Waals surface area contributed by atoms with E-state index in [4.69, 9.17) is 75.8 Å². The highest BCUT2D eigenvalue weighted by molar-refractivity contribution is 5.80. The zero-order valence-corrected chi connectivity index (χ0v) is 54.0. The van der Waals surface area contributed by atoms with Crippen LogP contribution in [0.2, 0.25) is 0 Å². The molecule has 1 amide bonds. The molecular weight excluding hydrogens is 1240 g/mol. The number of benzene rings is 6. The van der Waals surface area contributed by atoms with E-state index in [9.17, 15) is 24.0 Å². The predicted molar refractivity (Wildman–Crippen MR) is 339 cm³/mol. The minimum atomic E-state index is -2.67. The van der Waals surface area contributed by atoms with E-state index in [1.54, 1.807) is 0 Å². The van der Waals surface area contributed by atoms with Crippen molar-refractivity contribution in [1.82, 2.24) is 5.32 Å². The molecule has 4 fully saturated rings. The molecule has 10 rings (SSSR count). The summed E-state index contributed by atoms with van der Waals surface area (Å²) in [5.41, 5.74) is 4.92. The first kappa shape index (κ1) is 70.5. The SMILES string of the molecule is CC(=O)N[C@H]1[C@H]([C@H](OC(C)=O)[C@@H](COC(C)=O)OC(C)=O)O[C@@]2(C[C@@H]1OC(C)=O)O[C@H]1[C@@H](OC2=O)[C@@H](COCc2ccccc2)O[C@@H](O[C@H]2[C@H](OCc3ccccc3)[C@@H](OCc3ccccc3)[C@H](OCc3ccccc3)O[C@@H]2COCc2ccccc2)[C@@H]1OCc1ccccc1. The Labute approximate surface area is 557 Å². The summed E-state index contributed by atoms with van der Waals surface area (Å²) in [6.07, 6.45) is -20.2. The molecule has 23 heteroatoms. The molecule has 96 heavy (non-hydrogen) atoms. The molecule has 6 aromatic rings. The lowest BCUT2D eigenvalue weighted by atomic mass is 9.86. The maximum Gasteiger partial charge on any atom is 0.367 e. The highest BCUT2D eigenvalue weighted by atomic mass is 16.8. The van der Waals surface area contributed by atoms with Gasteiger partial charge in [-0.25, -0.2) is 4.79 Å². The van der Waals surface area contributed by atoms with Gasteiger partial charge in [-0.1, -0.05) is 182 Å². The lowest BCUT2D eigenvalue weighted by molar-refractivity contribution is -0.412. The predicted octanol–water partition coefficient (Wildman–Crippen LogP) is 7.89. The number of amides is 1. The molecular formula is C73H81NO22. The van der Waals surface area contributed by atoms with Crippen LogP contribution in [0, 0.1) is 0 Å². The zero-order valence-electron chi connectivity index (χ0n) is 54.0. The van der Waals surface area contributed by atoms with Gasteiger partial charge < -0.3 is 81.1 Å². The Bertz CT molecular complexity index is 3430. The van der Waals surface area contributed by atoms with Crippen molar-refractivity contribution in [1.29, 1.82) is 0 Å². The molecule has 0 aliphatic carbocycles. The molecule has 0 aromatic heterocycles. The maximum atomic E-state index is 15.5. The van der Waals surface area contributed by atoms with Crippen LogP contribution in [0.25, 0.3) is 0 Å². The number of esters is 5. The standard InChI is InChI=1S/C73H81NO22/c1-46(75)74-61-57(88-48(3)77)36-73(95-65(61)62(90-50(5)79)60(89-49(4)78)45-83-47(2)76)72(80)94-64-59(44-82-38-52-26-14-7-15-27-52)92-71(69(67(64)96-73)86-41-55-32-20-10-21-33-55)93-63-58(43-81-37-51-24-12-6-13-25-51)91-70(87-42-56-34-22-11-23-35-56)68(85-40-54-30-18-9-19-31-54)66(63)84-39-53-28-16-8-17-29-53/h6-35,57-71H,36-45H2,1-5H3,(H,74,75)/t57-,58+,59+,60+,61+,62+,63+,64-,65+,66-,67-,68+,69+,70+,71-,73-/m0/s1. The highest BCUT2D eigenvalue weighted by Crippen LogP contribution is 2.45. The lowest BCUT2D eigenvalue weighted by Crippen LogP contribution is -2.75. The monoisotopic (exact) mass is 1320 g/mol. The molecule has 4 heterocycles. The summed E-state index contributed by atoms with van der Waals surface area (Å²) in [6, 6.07) is 55.5. The van der Waals surface area contributed by atoms with Gasteiger partial charge in [-0.3, -0.25) is 24.0 Å². The lowest BCUT2D eigenvalue weighted by Gasteiger charge is -2.55. The van der Waals surface area contributed by atoms with E-state index in [2.05, 4.69) is 5.32 Å². The average molecular weight is 1320 g/mol. The smallest absolute Gasteiger partial charge is 0.367 e. The van der Waals surface area contributed by atoms with Crippen LogP contribution in [0.3, 0.4) is 0 Å². The third-order valence-corrected chi connectivity index (χ3v) is 16.3. The fourth-order valence-electron chi connectivity index (χ4n) is 12.0. The van der Waals surface area contributed by atoms with Crippen molar-refractivity contribution in [3.8, 4) is 0 Å². The van der Waals surface area contributed by atoms with Crippen LogP contribution in [-0.2, 0) is 144 Å². The molecule has 4 aliphatic rings. The van der Waals surface area contributed by atoms with Gasteiger partial charge in [-0.15, -0.1) is 0 Å². The molecule has 1 spiro atoms. The van der Waals surface area contributed by atoms with E-state index < -0.39 is 146 Å². The van der Waals surface area contributed by atoms with Gasteiger partial charge in [0, 0.05) is 34.6 Å². The van der Waals surface area contributed by atoms with Crippen LogP contribution in [0.1, 0.15) is 74.4 Å². The molecule has 0 unspecified atom stereocenters. The largest absolute Gasteiger partial charge is 0.462 e. The first-order valence-electron chi connectivity index (χ1n) is 31.9. The number of hydrogen-bond acceptors (Lipinski definition) is 22. The molecule has 510 valence electrons.